The SMILES string of the molecule is COc1ccccc1-c1nnc(SCc2cc(=O)n3c(C)cccc3n2)n1CCc1ccccc1. The predicted octanol–water partition coefficient (Wildman–Crippen LogP) is 4.81. The van der Waals surface area contributed by atoms with Crippen molar-refractivity contribution in [1.82, 2.24) is 24.1 Å². The van der Waals surface area contributed by atoms with Crippen molar-refractivity contribution in [3.8, 4) is 17.1 Å². The average molecular weight is 484 g/mol. The van der Waals surface area contributed by atoms with Crippen LogP contribution in [0.3, 0.4) is 0 Å². The van der Waals surface area contributed by atoms with E-state index in [-0.39, 0.29) is 5.56 Å². The van der Waals surface area contributed by atoms with Crippen molar-refractivity contribution in [1.29, 1.82) is 0 Å². The number of thioether (sulfide) groups is 1. The minimum Gasteiger partial charge on any atom is -0.496 e. The van der Waals surface area contributed by atoms with Gasteiger partial charge in [0.1, 0.15) is 11.4 Å². The van der Waals surface area contributed by atoms with Crippen LogP contribution in [-0.2, 0) is 18.7 Å². The number of nitrogens with zero attached hydrogens (tertiary/aromatic N) is 5. The maximum Gasteiger partial charge on any atom is 0.258 e. The van der Waals surface area contributed by atoms with Gasteiger partial charge in [0, 0.05) is 24.1 Å². The van der Waals surface area contributed by atoms with Crippen LogP contribution in [0.15, 0.2) is 88.8 Å². The van der Waals surface area contributed by atoms with Gasteiger partial charge in [-0.2, -0.15) is 0 Å². The van der Waals surface area contributed by atoms with E-state index in [4.69, 9.17) is 9.72 Å². The number of para-hydroxylation sites is 1. The summed E-state index contributed by atoms with van der Waals surface area (Å²) in [6, 6.07) is 25.4. The van der Waals surface area contributed by atoms with E-state index >= 15 is 0 Å². The molecule has 0 bridgehead atoms. The second-order valence-electron chi connectivity index (χ2n) is 8.13. The summed E-state index contributed by atoms with van der Waals surface area (Å²) in [7, 11) is 1.66. The molecule has 35 heavy (non-hydrogen) atoms. The minimum atomic E-state index is -0.0797. The molecule has 0 saturated heterocycles. The van der Waals surface area contributed by atoms with Crippen molar-refractivity contribution in [2.75, 3.05) is 7.11 Å². The number of hydrogen-bond acceptors (Lipinski definition) is 6. The van der Waals surface area contributed by atoms with Crippen molar-refractivity contribution in [2.45, 2.75) is 30.8 Å². The van der Waals surface area contributed by atoms with Gasteiger partial charge < -0.3 is 9.30 Å². The molecule has 0 saturated carbocycles. The highest BCUT2D eigenvalue weighted by Gasteiger charge is 2.18. The number of rotatable bonds is 8. The number of methoxy groups -OCH3 is 1. The maximum atomic E-state index is 12.7. The number of fused-ring (bicyclic) bond motifs is 1. The zero-order valence-electron chi connectivity index (χ0n) is 19.6. The standard InChI is InChI=1S/C27H25N5O2S/c1-19-9-8-14-24-28-21(17-25(33)32(19)24)18-35-27-30-29-26(22-12-6-7-13-23(22)34-2)31(27)16-15-20-10-4-3-5-11-20/h3-14,17H,15-16,18H2,1-2H3. The predicted molar refractivity (Wildman–Crippen MR) is 138 cm³/mol. The van der Waals surface area contributed by atoms with Crippen LogP contribution in [0.5, 0.6) is 5.75 Å². The highest BCUT2D eigenvalue weighted by atomic mass is 32.2. The maximum absolute atomic E-state index is 12.7. The molecule has 176 valence electrons. The fourth-order valence-electron chi connectivity index (χ4n) is 4.09. The van der Waals surface area contributed by atoms with Crippen molar-refractivity contribution in [3.05, 3.63) is 106 Å². The summed E-state index contributed by atoms with van der Waals surface area (Å²) < 4.78 is 9.32. The van der Waals surface area contributed by atoms with Gasteiger partial charge in [0.25, 0.3) is 5.56 Å². The van der Waals surface area contributed by atoms with Gasteiger partial charge in [-0.25, -0.2) is 4.98 Å². The first kappa shape index (κ1) is 22.9. The molecule has 0 N–H and O–H groups in total. The summed E-state index contributed by atoms with van der Waals surface area (Å²) in [5, 5.41) is 9.80. The Morgan fingerprint density at radius 1 is 0.943 bits per heavy atom. The van der Waals surface area contributed by atoms with Crippen molar-refractivity contribution in [2.24, 2.45) is 0 Å². The van der Waals surface area contributed by atoms with E-state index in [1.54, 1.807) is 17.6 Å². The summed E-state index contributed by atoms with van der Waals surface area (Å²) in [6.45, 7) is 2.61. The molecule has 0 radical (unpaired) electrons. The van der Waals surface area contributed by atoms with E-state index in [0.29, 0.717) is 23.6 Å². The normalized spacial score (nSPS) is 11.1. The molecular weight excluding hydrogens is 458 g/mol. The third-order valence-electron chi connectivity index (χ3n) is 5.81. The third-order valence-corrected chi connectivity index (χ3v) is 6.81. The van der Waals surface area contributed by atoms with Crippen LogP contribution in [-0.4, -0.2) is 31.3 Å². The Kier molecular flexibility index (Phi) is 6.63. The monoisotopic (exact) mass is 483 g/mol. The summed E-state index contributed by atoms with van der Waals surface area (Å²) in [6.07, 6.45) is 0.837. The Bertz CT molecular complexity index is 1530. The highest BCUT2D eigenvalue weighted by Crippen LogP contribution is 2.32. The van der Waals surface area contributed by atoms with Crippen LogP contribution in [0.4, 0.5) is 0 Å². The number of benzene rings is 2. The van der Waals surface area contributed by atoms with Crippen LogP contribution < -0.4 is 10.3 Å². The van der Waals surface area contributed by atoms with Gasteiger partial charge in [0.2, 0.25) is 0 Å². The molecule has 0 fully saturated rings. The first-order valence-corrected chi connectivity index (χ1v) is 12.3. The molecule has 0 unspecified atom stereocenters. The molecule has 2 aromatic carbocycles. The summed E-state index contributed by atoms with van der Waals surface area (Å²) >= 11 is 1.52. The number of aryl methyl sites for hydroxylation is 2. The minimum absolute atomic E-state index is 0.0797. The Morgan fingerprint density at radius 3 is 2.57 bits per heavy atom. The molecule has 5 rings (SSSR count). The van der Waals surface area contributed by atoms with Crippen LogP contribution in [0.1, 0.15) is 17.0 Å². The van der Waals surface area contributed by atoms with Crippen LogP contribution >= 0.6 is 11.8 Å². The van der Waals surface area contributed by atoms with Gasteiger partial charge in [-0.15, -0.1) is 10.2 Å². The lowest BCUT2D eigenvalue weighted by Crippen LogP contribution is -2.17. The van der Waals surface area contributed by atoms with Crippen LogP contribution in [0, 0.1) is 6.92 Å². The fraction of sp³-hybridized carbons (Fsp3) is 0.185. The zero-order valence-corrected chi connectivity index (χ0v) is 20.4. The lowest BCUT2D eigenvalue weighted by molar-refractivity contribution is 0.415. The number of aromatic nitrogens is 5. The molecule has 5 aromatic rings. The zero-order chi connectivity index (χ0) is 24.2. The van der Waals surface area contributed by atoms with Gasteiger partial charge in [-0.05, 0) is 43.2 Å². The van der Waals surface area contributed by atoms with Gasteiger partial charge in [0.05, 0.1) is 18.4 Å². The second-order valence-corrected chi connectivity index (χ2v) is 9.07. The Morgan fingerprint density at radius 2 is 1.74 bits per heavy atom. The molecule has 8 heteroatoms. The third kappa shape index (κ3) is 4.83. The first-order valence-electron chi connectivity index (χ1n) is 11.4. The van der Waals surface area contributed by atoms with Crippen LogP contribution in [0.2, 0.25) is 0 Å². The lowest BCUT2D eigenvalue weighted by Gasteiger charge is -2.12. The molecule has 7 nitrogen and oxygen atoms in total. The van der Waals surface area contributed by atoms with Gasteiger partial charge in [0.15, 0.2) is 11.0 Å². The lowest BCUT2D eigenvalue weighted by atomic mass is 10.1. The van der Waals surface area contributed by atoms with Crippen molar-refractivity contribution < 1.29 is 4.74 Å². The number of pyridine rings is 1. The van der Waals surface area contributed by atoms with Crippen LogP contribution in [0.25, 0.3) is 17.0 Å². The topological polar surface area (TPSA) is 74.3 Å². The molecular formula is C27H25N5O2S. The highest BCUT2D eigenvalue weighted by molar-refractivity contribution is 7.98. The Labute approximate surface area is 207 Å². The molecule has 0 atom stereocenters. The summed E-state index contributed by atoms with van der Waals surface area (Å²) in [5.41, 5.74) is 4.27. The van der Waals surface area contributed by atoms with E-state index in [2.05, 4.69) is 26.9 Å². The van der Waals surface area contributed by atoms with E-state index in [1.807, 2.05) is 67.6 Å². The average Bonchev–Trinajstić information content (AvgIpc) is 3.29. The fourth-order valence-corrected chi connectivity index (χ4v) is 4.94. The molecule has 0 aliphatic heterocycles. The Hall–Kier alpha value is -3.91. The van der Waals surface area contributed by atoms with E-state index in [0.717, 1.165) is 34.4 Å². The quantitative estimate of drug-likeness (QED) is 0.295. The molecule has 0 amide bonds. The van der Waals surface area contributed by atoms with Gasteiger partial charge in [-0.3, -0.25) is 9.20 Å². The van der Waals surface area contributed by atoms with E-state index < -0.39 is 0 Å². The van der Waals surface area contributed by atoms with E-state index in [9.17, 15) is 4.79 Å². The number of hydrogen-bond donors (Lipinski definition) is 0. The van der Waals surface area contributed by atoms with Gasteiger partial charge >= 0.3 is 0 Å². The summed E-state index contributed by atoms with van der Waals surface area (Å²) in [5.74, 6) is 2.01. The number of ether oxygens (including phenoxy) is 1. The van der Waals surface area contributed by atoms with E-state index in [1.165, 1.54) is 17.3 Å². The Balaban J connectivity index is 1.47. The van der Waals surface area contributed by atoms with Crippen molar-refractivity contribution >= 4 is 17.4 Å². The molecule has 3 aromatic heterocycles. The molecule has 0 spiro atoms. The summed E-state index contributed by atoms with van der Waals surface area (Å²) in [4.78, 5) is 17.4. The largest absolute Gasteiger partial charge is 0.496 e. The molecule has 0 aliphatic rings. The second kappa shape index (κ2) is 10.1. The van der Waals surface area contributed by atoms with Crippen molar-refractivity contribution in [3.63, 3.8) is 0 Å². The molecule has 3 heterocycles. The first-order chi connectivity index (χ1) is 17.1. The molecule has 0 aliphatic carbocycles. The smallest absolute Gasteiger partial charge is 0.258 e. The van der Waals surface area contributed by atoms with Gasteiger partial charge in [-0.1, -0.05) is 60.3 Å².